The molecule has 0 unspecified atom stereocenters. The van der Waals surface area contributed by atoms with Crippen LogP contribution in [0.2, 0.25) is 0 Å². The second-order valence-electron chi connectivity index (χ2n) is 6.92. The van der Waals surface area contributed by atoms with Crippen LogP contribution in [-0.2, 0) is 0 Å². The van der Waals surface area contributed by atoms with Crippen LogP contribution < -0.4 is 0 Å². The first kappa shape index (κ1) is 17.4. The number of thiazole rings is 1. The Labute approximate surface area is 164 Å². The molecule has 0 spiro atoms. The second-order valence-corrected chi connectivity index (χ2v) is 7.93. The van der Waals surface area contributed by atoms with Crippen molar-refractivity contribution in [3.8, 4) is 17.5 Å². The molecule has 4 heterocycles. The van der Waals surface area contributed by atoms with Crippen molar-refractivity contribution in [1.82, 2.24) is 19.5 Å². The average molecular weight is 398 g/mol. The van der Waals surface area contributed by atoms with E-state index < -0.39 is 0 Å². The number of piperidine rings is 1. The number of hydrogen-bond acceptors (Lipinski definition) is 6. The summed E-state index contributed by atoms with van der Waals surface area (Å²) in [6.45, 7) is 1.73. The highest BCUT2D eigenvalue weighted by Gasteiger charge is 2.32. The third-order valence-electron chi connectivity index (χ3n) is 5.15. The summed E-state index contributed by atoms with van der Waals surface area (Å²) in [5.74, 6) is 0.689. The predicted octanol–water partition coefficient (Wildman–Crippen LogP) is 4.47. The Hall–Kier alpha value is -2.71. The lowest BCUT2D eigenvalue weighted by atomic mass is 10.00. The highest BCUT2D eigenvalue weighted by atomic mass is 32.1. The van der Waals surface area contributed by atoms with Crippen LogP contribution in [0.1, 0.15) is 35.7 Å². The Balaban J connectivity index is 1.62. The van der Waals surface area contributed by atoms with Crippen molar-refractivity contribution in [2.24, 2.45) is 0 Å². The molecule has 144 valence electrons. The minimum absolute atomic E-state index is 0.00383. The smallest absolute Gasteiger partial charge is 0.230 e. The number of fused-ring (bicyclic) bond motifs is 1. The number of nitrogens with zero attached hydrogens (tertiary/aromatic N) is 4. The van der Waals surface area contributed by atoms with Gasteiger partial charge in [-0.05, 0) is 44.1 Å². The van der Waals surface area contributed by atoms with Crippen molar-refractivity contribution >= 4 is 16.3 Å². The van der Waals surface area contributed by atoms with E-state index >= 15 is 0 Å². The molecule has 0 radical (unpaired) electrons. The summed E-state index contributed by atoms with van der Waals surface area (Å²) in [6.07, 6.45) is 4.86. The van der Waals surface area contributed by atoms with Gasteiger partial charge >= 0.3 is 0 Å². The van der Waals surface area contributed by atoms with E-state index in [1.165, 1.54) is 28.3 Å². The lowest BCUT2D eigenvalue weighted by Gasteiger charge is -2.34. The molecule has 1 atom stereocenters. The van der Waals surface area contributed by atoms with Gasteiger partial charge in [-0.3, -0.25) is 4.90 Å². The Morgan fingerprint density at radius 3 is 2.64 bits per heavy atom. The molecule has 0 saturated carbocycles. The van der Waals surface area contributed by atoms with Gasteiger partial charge in [-0.2, -0.15) is 9.50 Å². The van der Waals surface area contributed by atoms with Crippen molar-refractivity contribution in [2.45, 2.75) is 25.3 Å². The summed E-state index contributed by atoms with van der Waals surface area (Å²) in [7, 11) is 0. The number of benzene rings is 1. The van der Waals surface area contributed by atoms with Gasteiger partial charge in [-0.1, -0.05) is 36.0 Å². The van der Waals surface area contributed by atoms with Crippen molar-refractivity contribution in [2.75, 3.05) is 13.1 Å². The van der Waals surface area contributed by atoms with Gasteiger partial charge in [0.05, 0.1) is 17.2 Å². The highest BCUT2D eigenvalue weighted by Crippen LogP contribution is 2.42. The van der Waals surface area contributed by atoms with Crippen molar-refractivity contribution in [3.05, 3.63) is 58.9 Å². The molecule has 1 fully saturated rings. The summed E-state index contributed by atoms with van der Waals surface area (Å²) in [4.78, 5) is 7.93. The number of halogens is 1. The zero-order valence-corrected chi connectivity index (χ0v) is 15.9. The van der Waals surface area contributed by atoms with Crippen LogP contribution in [0.3, 0.4) is 0 Å². The highest BCUT2D eigenvalue weighted by molar-refractivity contribution is 7.17. The fourth-order valence-electron chi connectivity index (χ4n) is 3.82. The zero-order chi connectivity index (χ0) is 19.1. The van der Waals surface area contributed by atoms with Gasteiger partial charge in [0.15, 0.2) is 5.76 Å². The lowest BCUT2D eigenvalue weighted by molar-refractivity contribution is 0.184. The first-order valence-corrected chi connectivity index (χ1v) is 10.1. The SMILES string of the molecule is Oc1c([C@@H](c2ccccc2F)N2CCCCC2)sc2nc(-c3ccco3)nn12. The summed E-state index contributed by atoms with van der Waals surface area (Å²) < 4.78 is 21.4. The Morgan fingerprint density at radius 2 is 1.93 bits per heavy atom. The first-order chi connectivity index (χ1) is 13.7. The Bertz CT molecular complexity index is 1100. The predicted molar refractivity (Wildman–Crippen MR) is 104 cm³/mol. The average Bonchev–Trinajstić information content (AvgIpc) is 3.43. The van der Waals surface area contributed by atoms with Crippen molar-refractivity contribution in [3.63, 3.8) is 0 Å². The summed E-state index contributed by atoms with van der Waals surface area (Å²) >= 11 is 1.34. The third-order valence-corrected chi connectivity index (χ3v) is 6.22. The van der Waals surface area contributed by atoms with Gasteiger partial charge < -0.3 is 9.52 Å². The zero-order valence-electron chi connectivity index (χ0n) is 15.1. The van der Waals surface area contributed by atoms with Crippen molar-refractivity contribution in [1.29, 1.82) is 0 Å². The molecule has 1 aromatic carbocycles. The summed E-state index contributed by atoms with van der Waals surface area (Å²) in [5.41, 5.74) is 0.565. The second kappa shape index (κ2) is 7.03. The summed E-state index contributed by atoms with van der Waals surface area (Å²) in [5, 5.41) is 15.3. The first-order valence-electron chi connectivity index (χ1n) is 9.33. The van der Waals surface area contributed by atoms with Crippen molar-refractivity contribution < 1.29 is 13.9 Å². The van der Waals surface area contributed by atoms with E-state index in [9.17, 15) is 9.50 Å². The third kappa shape index (κ3) is 2.89. The molecule has 0 amide bonds. The van der Waals surface area contributed by atoms with Gasteiger partial charge in [0, 0.05) is 5.56 Å². The van der Waals surface area contributed by atoms with Gasteiger partial charge in [0.25, 0.3) is 0 Å². The van der Waals surface area contributed by atoms with Crippen LogP contribution in [-0.4, -0.2) is 37.7 Å². The largest absolute Gasteiger partial charge is 0.492 e. The Kier molecular flexibility index (Phi) is 4.37. The van der Waals surface area contributed by atoms with E-state index in [1.54, 1.807) is 30.5 Å². The van der Waals surface area contributed by atoms with Gasteiger partial charge in [-0.15, -0.1) is 5.10 Å². The molecule has 1 aliphatic rings. The number of aromatic hydroxyl groups is 1. The monoisotopic (exact) mass is 398 g/mol. The van der Waals surface area contributed by atoms with E-state index in [4.69, 9.17) is 4.42 Å². The van der Waals surface area contributed by atoms with E-state index in [1.807, 2.05) is 6.07 Å². The molecule has 8 heteroatoms. The minimum atomic E-state index is -0.359. The number of rotatable bonds is 4. The molecule has 0 bridgehead atoms. The van der Waals surface area contributed by atoms with Gasteiger partial charge in [-0.25, -0.2) is 4.39 Å². The maximum absolute atomic E-state index is 14.7. The number of furan rings is 1. The maximum atomic E-state index is 14.7. The standard InChI is InChI=1S/C20H19FN4O2S/c21-14-8-3-2-7-13(14)16(24-10-4-1-5-11-24)17-19(26)25-20(28-17)22-18(23-25)15-9-6-12-27-15/h2-3,6-9,12,16,26H,1,4-5,10-11H2/t16-/m1/s1. The van der Waals surface area contributed by atoms with E-state index in [-0.39, 0.29) is 17.7 Å². The molecular formula is C20H19FN4O2S. The number of likely N-dealkylation sites (tertiary alicyclic amines) is 1. The van der Waals surface area contributed by atoms with Crippen LogP contribution in [0.15, 0.2) is 47.1 Å². The van der Waals surface area contributed by atoms with Gasteiger partial charge in [0.1, 0.15) is 5.82 Å². The maximum Gasteiger partial charge on any atom is 0.230 e. The van der Waals surface area contributed by atoms with Gasteiger partial charge in [0.2, 0.25) is 16.7 Å². The van der Waals surface area contributed by atoms with Crippen LogP contribution >= 0.6 is 11.3 Å². The van der Waals surface area contributed by atoms with Crippen LogP contribution in [0.5, 0.6) is 5.88 Å². The molecule has 6 nitrogen and oxygen atoms in total. The molecule has 3 aromatic heterocycles. The van der Waals surface area contributed by atoms with Crippen LogP contribution in [0.25, 0.3) is 16.5 Å². The fourth-order valence-corrected chi connectivity index (χ4v) is 4.92. The normalized spacial score (nSPS) is 16.6. The van der Waals surface area contributed by atoms with Crippen LogP contribution in [0, 0.1) is 5.82 Å². The number of hydrogen-bond donors (Lipinski definition) is 1. The van der Waals surface area contributed by atoms with E-state index in [0.29, 0.717) is 27.0 Å². The number of aromatic nitrogens is 3. The molecule has 1 aliphatic heterocycles. The molecule has 5 rings (SSSR count). The van der Waals surface area contributed by atoms with Crippen LogP contribution in [0.4, 0.5) is 4.39 Å². The fraction of sp³-hybridized carbons (Fsp3) is 0.300. The van der Waals surface area contributed by atoms with E-state index in [0.717, 1.165) is 25.9 Å². The molecule has 0 aliphatic carbocycles. The molecule has 4 aromatic rings. The Morgan fingerprint density at radius 1 is 1.11 bits per heavy atom. The van der Waals surface area contributed by atoms with E-state index in [2.05, 4.69) is 15.0 Å². The molecular weight excluding hydrogens is 379 g/mol. The molecule has 1 saturated heterocycles. The molecule has 28 heavy (non-hydrogen) atoms. The lowest BCUT2D eigenvalue weighted by Crippen LogP contribution is -2.34. The topological polar surface area (TPSA) is 66.8 Å². The quantitative estimate of drug-likeness (QED) is 0.549. The molecule has 1 N–H and O–H groups in total. The summed E-state index contributed by atoms with van der Waals surface area (Å²) in [6, 6.07) is 9.95. The minimum Gasteiger partial charge on any atom is -0.492 e.